The van der Waals surface area contributed by atoms with Gasteiger partial charge in [0.2, 0.25) is 0 Å². The van der Waals surface area contributed by atoms with Crippen LogP contribution in [0.2, 0.25) is 0 Å². The lowest BCUT2D eigenvalue weighted by atomic mass is 9.86. The number of fused-ring (bicyclic) bond motifs is 4. The van der Waals surface area contributed by atoms with Gasteiger partial charge in [0.05, 0.1) is 33.6 Å². The number of aromatic nitrogens is 2. The topological polar surface area (TPSA) is 33.5 Å². The average Bonchev–Trinajstić information content (AvgIpc) is 3.92. The van der Waals surface area contributed by atoms with E-state index in [1.54, 1.807) is 30.3 Å². The summed E-state index contributed by atoms with van der Waals surface area (Å²) in [6.45, 7) is 12.1. The Bertz CT molecular complexity index is 3820. The molecular formula is C62H50F4N4O. The summed E-state index contributed by atoms with van der Waals surface area (Å²) in [6.07, 6.45) is 1.82. The maximum Gasteiger partial charge on any atom is 0.137 e. The first-order valence-corrected chi connectivity index (χ1v) is 23.4. The summed E-state index contributed by atoms with van der Waals surface area (Å²) in [6, 6.07) is 41.7. The Hall–Kier alpha value is -8.17. The van der Waals surface area contributed by atoms with Crippen LogP contribution in [0.1, 0.15) is 58.2 Å². The van der Waals surface area contributed by atoms with Crippen molar-refractivity contribution in [3.8, 4) is 50.7 Å². The molecule has 1 aliphatic heterocycles. The maximum atomic E-state index is 15.1. The van der Waals surface area contributed by atoms with Gasteiger partial charge < -0.3 is 14.5 Å². The molecule has 0 spiro atoms. The van der Waals surface area contributed by atoms with E-state index in [0.29, 0.717) is 50.9 Å². The molecule has 1 aliphatic rings. The van der Waals surface area contributed by atoms with Crippen LogP contribution in [0.3, 0.4) is 0 Å². The normalized spacial score (nSPS) is 13.6. The molecule has 0 radical (unpaired) electrons. The first kappa shape index (κ1) is 40.7. The van der Waals surface area contributed by atoms with Crippen LogP contribution < -0.4 is 14.5 Å². The molecule has 71 heavy (non-hydrogen) atoms. The van der Waals surface area contributed by atoms with Gasteiger partial charge in [0.1, 0.15) is 47.3 Å². The van der Waals surface area contributed by atoms with Crippen molar-refractivity contribution >= 4 is 44.6 Å². The van der Waals surface area contributed by atoms with Gasteiger partial charge in [-0.05, 0) is 123 Å². The van der Waals surface area contributed by atoms with Gasteiger partial charge in [-0.3, -0.25) is 4.57 Å². The number of para-hydroxylation sites is 4. The second-order valence-electron chi connectivity index (χ2n) is 20.0. The Labute approximate surface area is 416 Å². The van der Waals surface area contributed by atoms with Crippen LogP contribution >= 0.6 is 0 Å². The van der Waals surface area contributed by atoms with Gasteiger partial charge in [-0.15, -0.1) is 0 Å². The van der Waals surface area contributed by atoms with E-state index in [1.165, 1.54) is 24.3 Å². The highest BCUT2D eigenvalue weighted by molar-refractivity contribution is 6.09. The Balaban J connectivity index is 1.11. The number of halogens is 4. The van der Waals surface area contributed by atoms with E-state index in [9.17, 15) is 5.48 Å². The molecule has 352 valence electrons. The largest absolute Gasteiger partial charge is 0.457 e. The molecule has 0 amide bonds. The number of ether oxygens (including phenoxy) is 1. The van der Waals surface area contributed by atoms with Crippen LogP contribution in [0.25, 0.3) is 61.0 Å². The Morgan fingerprint density at radius 2 is 1.08 bits per heavy atom. The number of rotatable bonds is 8. The van der Waals surface area contributed by atoms with Crippen molar-refractivity contribution in [2.24, 2.45) is 0 Å². The van der Waals surface area contributed by atoms with E-state index in [0.717, 1.165) is 45.3 Å². The SMILES string of the molecule is [2H]c1c([2H])c(C(C)(C)C)c([2H])c([2H])c1-c1cc(Oc2ccc3c4ccccc4n(-c4cc(C(C)(C)C)ccn4)c3c2)cc(N2CN(c3c(-c4cc(F)cc(F)c4)cccc3-c3cc(F)cc(F)c3)c3ccccc32)c1. The Morgan fingerprint density at radius 1 is 0.493 bits per heavy atom. The Morgan fingerprint density at radius 3 is 1.72 bits per heavy atom. The van der Waals surface area contributed by atoms with Gasteiger partial charge >= 0.3 is 0 Å². The maximum absolute atomic E-state index is 15.1. The lowest BCUT2D eigenvalue weighted by Gasteiger charge is -2.27. The average molecular weight is 947 g/mol. The fourth-order valence-electron chi connectivity index (χ4n) is 9.52. The zero-order valence-electron chi connectivity index (χ0n) is 43.9. The minimum Gasteiger partial charge on any atom is -0.457 e. The second kappa shape index (κ2) is 17.4. The Kier molecular flexibility index (Phi) is 9.94. The quantitative estimate of drug-likeness (QED) is 0.142. The van der Waals surface area contributed by atoms with Gasteiger partial charge in [-0.2, -0.15) is 0 Å². The predicted molar refractivity (Wildman–Crippen MR) is 281 cm³/mol. The third-order valence-electron chi connectivity index (χ3n) is 13.0. The molecule has 9 heteroatoms. The molecule has 8 aromatic carbocycles. The summed E-state index contributed by atoms with van der Waals surface area (Å²) in [7, 11) is 0. The summed E-state index contributed by atoms with van der Waals surface area (Å²) in [5, 5.41) is 2.01. The number of pyridine rings is 1. The number of hydrogen-bond acceptors (Lipinski definition) is 4. The van der Waals surface area contributed by atoms with Crippen molar-refractivity contribution in [1.82, 2.24) is 9.55 Å². The molecular weight excluding hydrogens is 893 g/mol. The third kappa shape index (κ3) is 8.56. The number of benzene rings is 8. The molecule has 3 heterocycles. The fraction of sp³-hybridized carbons (Fsp3) is 0.145. The molecule has 0 aliphatic carbocycles. The first-order chi connectivity index (χ1) is 35.7. The van der Waals surface area contributed by atoms with Crippen molar-refractivity contribution < 1.29 is 27.8 Å². The summed E-state index contributed by atoms with van der Waals surface area (Å²) < 4.78 is 107. The van der Waals surface area contributed by atoms with Gasteiger partial charge in [-0.1, -0.05) is 114 Å². The number of hydrogen-bond donors (Lipinski definition) is 0. The minimum absolute atomic E-state index is 0.0480. The molecule has 0 fully saturated rings. The van der Waals surface area contributed by atoms with Crippen molar-refractivity contribution in [2.45, 2.75) is 52.4 Å². The molecule has 0 unspecified atom stereocenters. The predicted octanol–water partition coefficient (Wildman–Crippen LogP) is 17.4. The van der Waals surface area contributed by atoms with Gasteiger partial charge in [0, 0.05) is 58.0 Å². The van der Waals surface area contributed by atoms with Crippen LogP contribution in [-0.4, -0.2) is 16.2 Å². The molecule has 2 aromatic heterocycles. The monoisotopic (exact) mass is 946 g/mol. The summed E-state index contributed by atoms with van der Waals surface area (Å²) in [5.41, 5.74) is 6.23. The standard InChI is InChI=1S/C62H50F4N4O/c1-61(2,3)42-20-18-38(19-21-42)39-30-48(35-50(31-39)71-49-22-23-54-53-12-7-8-15-55(53)70(58(54)36-49)59-32-43(24-25-67-59)62(4,5)6)68-37-69(57-17-10-9-16-56(57)68)60-51(40-26-44(63)33-45(64)27-40)13-11-14-52(60)41-28-46(65)34-47(66)29-41/h7-36H,37H2,1-6H3/i18D,19D,20D,21D. The van der Waals surface area contributed by atoms with Gasteiger partial charge in [-0.25, -0.2) is 22.5 Å². The summed E-state index contributed by atoms with van der Waals surface area (Å²) in [5.74, 6) is -1.69. The molecule has 11 rings (SSSR count). The van der Waals surface area contributed by atoms with E-state index >= 15 is 17.6 Å². The van der Waals surface area contributed by atoms with Crippen LogP contribution in [0.5, 0.6) is 11.5 Å². The van der Waals surface area contributed by atoms with Crippen LogP contribution in [0, 0.1) is 23.3 Å². The lowest BCUT2D eigenvalue weighted by molar-refractivity contribution is 0.483. The molecule has 0 saturated heterocycles. The molecule has 0 N–H and O–H groups in total. The van der Waals surface area contributed by atoms with Crippen LogP contribution in [-0.2, 0) is 10.8 Å². The summed E-state index contributed by atoms with van der Waals surface area (Å²) in [4.78, 5) is 8.74. The summed E-state index contributed by atoms with van der Waals surface area (Å²) >= 11 is 0. The van der Waals surface area contributed by atoms with Crippen molar-refractivity contribution in [3.05, 3.63) is 216 Å². The zero-order chi connectivity index (χ0) is 52.8. The highest BCUT2D eigenvalue weighted by Crippen LogP contribution is 2.51. The smallest absolute Gasteiger partial charge is 0.137 e. The zero-order valence-corrected chi connectivity index (χ0v) is 39.9. The molecule has 0 saturated carbocycles. The minimum atomic E-state index is -0.803. The van der Waals surface area contributed by atoms with E-state index < -0.39 is 28.7 Å². The van der Waals surface area contributed by atoms with E-state index in [4.69, 9.17) is 9.72 Å². The molecule has 10 aromatic rings. The van der Waals surface area contributed by atoms with E-state index in [-0.39, 0.29) is 58.5 Å². The van der Waals surface area contributed by atoms with Crippen LogP contribution in [0.4, 0.5) is 40.3 Å². The third-order valence-corrected chi connectivity index (χ3v) is 13.0. The van der Waals surface area contributed by atoms with E-state index in [2.05, 4.69) is 43.5 Å². The van der Waals surface area contributed by atoms with Crippen molar-refractivity contribution in [1.29, 1.82) is 0 Å². The van der Waals surface area contributed by atoms with Crippen molar-refractivity contribution in [3.63, 3.8) is 0 Å². The highest BCUT2D eigenvalue weighted by Gasteiger charge is 2.32. The molecule has 5 nitrogen and oxygen atoms in total. The van der Waals surface area contributed by atoms with Gasteiger partial charge in [0.25, 0.3) is 0 Å². The molecule has 0 bridgehead atoms. The number of nitrogens with zero attached hydrogens (tertiary/aromatic N) is 4. The fourth-order valence-corrected chi connectivity index (χ4v) is 9.52. The number of anilines is 4. The lowest BCUT2D eigenvalue weighted by Crippen LogP contribution is -2.25. The van der Waals surface area contributed by atoms with E-state index in [1.807, 2.05) is 103 Å². The van der Waals surface area contributed by atoms with Crippen molar-refractivity contribution in [2.75, 3.05) is 16.5 Å². The highest BCUT2D eigenvalue weighted by atomic mass is 19.1. The second-order valence-corrected chi connectivity index (χ2v) is 20.0. The van der Waals surface area contributed by atoms with Crippen LogP contribution in [0.15, 0.2) is 182 Å². The first-order valence-electron chi connectivity index (χ1n) is 25.4. The van der Waals surface area contributed by atoms with Gasteiger partial charge in [0.15, 0.2) is 0 Å². The molecule has 0 atom stereocenters.